The number of amides is 1. The van der Waals surface area contributed by atoms with Crippen molar-refractivity contribution in [3.8, 4) is 0 Å². The van der Waals surface area contributed by atoms with Gasteiger partial charge in [-0.25, -0.2) is 17.5 Å². The van der Waals surface area contributed by atoms with Gasteiger partial charge < -0.3 is 15.0 Å². The summed E-state index contributed by atoms with van der Waals surface area (Å²) in [5, 5.41) is 2.64. The maximum atomic E-state index is 13.2. The van der Waals surface area contributed by atoms with Crippen molar-refractivity contribution in [1.82, 2.24) is 4.72 Å². The lowest BCUT2D eigenvalue weighted by Crippen LogP contribution is -2.39. The van der Waals surface area contributed by atoms with Crippen LogP contribution in [0.2, 0.25) is 0 Å². The summed E-state index contributed by atoms with van der Waals surface area (Å²) >= 11 is 0. The van der Waals surface area contributed by atoms with Crippen molar-refractivity contribution < 1.29 is 22.3 Å². The normalized spacial score (nSPS) is 17.2. The minimum absolute atomic E-state index is 0.217. The highest BCUT2D eigenvalue weighted by molar-refractivity contribution is 7.89. The Hall–Kier alpha value is -2.49. The van der Waals surface area contributed by atoms with Gasteiger partial charge in [-0.3, -0.25) is 4.79 Å². The zero-order chi connectivity index (χ0) is 20.9. The number of carbonyl (C=O) groups excluding carboxylic acids is 1. The summed E-state index contributed by atoms with van der Waals surface area (Å²) in [6.45, 7) is 1.32. The smallest absolute Gasteiger partial charge is 0.241 e. The lowest BCUT2D eigenvalue weighted by atomic mass is 10.1. The van der Waals surface area contributed by atoms with Gasteiger partial charge in [0.1, 0.15) is 5.82 Å². The van der Waals surface area contributed by atoms with E-state index in [0.717, 1.165) is 43.8 Å². The summed E-state index contributed by atoms with van der Waals surface area (Å²) in [4.78, 5) is 14.1. The molecule has 1 unspecified atom stereocenters. The molecule has 2 N–H and O–H groups in total. The van der Waals surface area contributed by atoms with E-state index in [1.165, 1.54) is 12.1 Å². The van der Waals surface area contributed by atoms with Gasteiger partial charge in [-0.05, 0) is 55.3 Å². The largest absolute Gasteiger partial charge is 0.380 e. The Kier molecular flexibility index (Phi) is 6.83. The number of halogens is 1. The number of benzene rings is 2. The Bertz CT molecular complexity index is 950. The van der Waals surface area contributed by atoms with Crippen molar-refractivity contribution in [2.24, 2.45) is 0 Å². The van der Waals surface area contributed by atoms with Crippen LogP contribution in [0.4, 0.5) is 15.8 Å². The number of carbonyl (C=O) groups is 1. The summed E-state index contributed by atoms with van der Waals surface area (Å²) in [6, 6.07) is 12.0. The Morgan fingerprint density at radius 3 is 2.69 bits per heavy atom. The Labute approximate surface area is 169 Å². The molecule has 1 aliphatic rings. The fraction of sp³-hybridized carbons (Fsp3) is 0.350. The number of nitrogens with zero attached hydrogens (tertiary/aromatic N) is 1. The minimum Gasteiger partial charge on any atom is -0.380 e. The monoisotopic (exact) mass is 421 g/mol. The van der Waals surface area contributed by atoms with Crippen molar-refractivity contribution in [2.75, 3.05) is 37.0 Å². The van der Waals surface area contributed by atoms with Crippen molar-refractivity contribution in [1.29, 1.82) is 0 Å². The average Bonchev–Trinajstić information content (AvgIpc) is 2.73. The maximum absolute atomic E-state index is 13.2. The van der Waals surface area contributed by atoms with Crippen LogP contribution in [-0.2, 0) is 19.6 Å². The van der Waals surface area contributed by atoms with Crippen LogP contribution in [-0.4, -0.2) is 47.2 Å². The van der Waals surface area contributed by atoms with E-state index < -0.39 is 28.3 Å². The molecule has 0 aliphatic carbocycles. The SMILES string of the molecule is COC1CCCN(c2ccc(NC(=O)CNS(=O)(=O)c3cccc(F)c3)cc2)C1. The van der Waals surface area contributed by atoms with Crippen LogP contribution >= 0.6 is 0 Å². The van der Waals surface area contributed by atoms with Gasteiger partial charge in [-0.1, -0.05) is 6.07 Å². The average molecular weight is 421 g/mol. The number of ether oxygens (including phenoxy) is 1. The van der Waals surface area contributed by atoms with Crippen LogP contribution in [0.5, 0.6) is 0 Å². The number of rotatable bonds is 7. The van der Waals surface area contributed by atoms with E-state index in [0.29, 0.717) is 5.69 Å². The summed E-state index contributed by atoms with van der Waals surface area (Å²) < 4.78 is 45.1. The van der Waals surface area contributed by atoms with Gasteiger partial charge in [0.05, 0.1) is 17.5 Å². The van der Waals surface area contributed by atoms with Crippen molar-refractivity contribution in [3.63, 3.8) is 0 Å². The van der Waals surface area contributed by atoms with Gasteiger partial charge in [0.2, 0.25) is 15.9 Å². The summed E-state index contributed by atoms with van der Waals surface area (Å²) in [7, 11) is -2.25. The second-order valence-corrected chi connectivity index (χ2v) is 8.59. The van der Waals surface area contributed by atoms with Crippen LogP contribution in [0.15, 0.2) is 53.4 Å². The van der Waals surface area contributed by atoms with E-state index in [2.05, 4.69) is 14.9 Å². The van der Waals surface area contributed by atoms with E-state index in [1.54, 1.807) is 19.2 Å². The molecule has 0 saturated carbocycles. The minimum atomic E-state index is -3.97. The molecule has 2 aromatic carbocycles. The van der Waals surface area contributed by atoms with Gasteiger partial charge in [-0.2, -0.15) is 0 Å². The van der Waals surface area contributed by atoms with Gasteiger partial charge in [0, 0.05) is 31.6 Å². The third kappa shape index (κ3) is 5.75. The highest BCUT2D eigenvalue weighted by Crippen LogP contribution is 2.23. The van der Waals surface area contributed by atoms with Crippen molar-refractivity contribution in [2.45, 2.75) is 23.8 Å². The first-order chi connectivity index (χ1) is 13.9. The first kappa shape index (κ1) is 21.2. The summed E-state index contributed by atoms with van der Waals surface area (Å²) in [5.41, 5.74) is 1.60. The first-order valence-electron chi connectivity index (χ1n) is 9.30. The fourth-order valence-corrected chi connectivity index (χ4v) is 4.22. The third-order valence-corrected chi connectivity index (χ3v) is 6.16. The Morgan fingerprint density at radius 2 is 2.00 bits per heavy atom. The zero-order valence-corrected chi connectivity index (χ0v) is 16.9. The molecule has 9 heteroatoms. The standard InChI is InChI=1S/C20H24FN3O4S/c1-28-18-5-3-11-24(14-18)17-9-7-16(8-10-17)23-20(25)13-22-29(26,27)19-6-2-4-15(21)12-19/h2,4,6-10,12,18,22H,3,5,11,13-14H2,1H3,(H,23,25). The van der Waals surface area contributed by atoms with Gasteiger partial charge in [0.15, 0.2) is 0 Å². The van der Waals surface area contributed by atoms with Crippen molar-refractivity contribution >= 4 is 27.3 Å². The van der Waals surface area contributed by atoms with Gasteiger partial charge in [-0.15, -0.1) is 0 Å². The quantitative estimate of drug-likeness (QED) is 0.717. The molecule has 1 fully saturated rings. The van der Waals surface area contributed by atoms with Crippen LogP contribution in [0, 0.1) is 5.82 Å². The van der Waals surface area contributed by atoms with E-state index in [-0.39, 0.29) is 11.0 Å². The van der Waals surface area contributed by atoms with Crippen LogP contribution in [0.3, 0.4) is 0 Å². The molecule has 1 saturated heterocycles. The predicted molar refractivity (Wildman–Crippen MR) is 109 cm³/mol. The molecule has 7 nitrogen and oxygen atoms in total. The number of nitrogens with one attached hydrogen (secondary N) is 2. The number of hydrogen-bond acceptors (Lipinski definition) is 5. The van der Waals surface area contributed by atoms with Gasteiger partial charge >= 0.3 is 0 Å². The van der Waals surface area contributed by atoms with Crippen LogP contribution in [0.1, 0.15) is 12.8 Å². The van der Waals surface area contributed by atoms with Crippen molar-refractivity contribution in [3.05, 3.63) is 54.3 Å². The number of piperidine rings is 1. The zero-order valence-electron chi connectivity index (χ0n) is 16.1. The molecule has 0 radical (unpaired) electrons. The number of anilines is 2. The van der Waals surface area contributed by atoms with Crippen LogP contribution in [0.25, 0.3) is 0 Å². The summed E-state index contributed by atoms with van der Waals surface area (Å²) in [5.74, 6) is -1.18. The second kappa shape index (κ2) is 9.34. The second-order valence-electron chi connectivity index (χ2n) is 6.82. The molecule has 0 bridgehead atoms. The Balaban J connectivity index is 1.54. The molecule has 1 atom stereocenters. The van der Waals surface area contributed by atoms with Gasteiger partial charge in [0.25, 0.3) is 0 Å². The number of hydrogen-bond donors (Lipinski definition) is 2. The highest BCUT2D eigenvalue weighted by atomic mass is 32.2. The van der Waals surface area contributed by atoms with E-state index in [1.807, 2.05) is 12.1 Å². The number of sulfonamides is 1. The van der Waals surface area contributed by atoms with E-state index in [9.17, 15) is 17.6 Å². The molecule has 2 aromatic rings. The number of methoxy groups -OCH3 is 1. The first-order valence-corrected chi connectivity index (χ1v) is 10.8. The lowest BCUT2D eigenvalue weighted by Gasteiger charge is -2.33. The molecule has 1 heterocycles. The lowest BCUT2D eigenvalue weighted by molar-refractivity contribution is -0.115. The summed E-state index contributed by atoms with van der Waals surface area (Å²) in [6.07, 6.45) is 2.32. The fourth-order valence-electron chi connectivity index (χ4n) is 3.20. The van der Waals surface area contributed by atoms with E-state index in [4.69, 9.17) is 4.74 Å². The molecule has 1 aliphatic heterocycles. The molecule has 1 amide bonds. The molecular formula is C20H24FN3O4S. The molecule has 156 valence electrons. The van der Waals surface area contributed by atoms with E-state index >= 15 is 0 Å². The van der Waals surface area contributed by atoms with Crippen LogP contribution < -0.4 is 14.9 Å². The molecular weight excluding hydrogens is 397 g/mol. The third-order valence-electron chi connectivity index (χ3n) is 4.76. The predicted octanol–water partition coefficient (Wildman–Crippen LogP) is 2.36. The highest BCUT2D eigenvalue weighted by Gasteiger charge is 2.20. The molecule has 3 rings (SSSR count). The Morgan fingerprint density at radius 1 is 1.24 bits per heavy atom. The topological polar surface area (TPSA) is 87.7 Å². The molecule has 29 heavy (non-hydrogen) atoms. The molecule has 0 spiro atoms. The maximum Gasteiger partial charge on any atom is 0.241 e. The molecule has 0 aromatic heterocycles.